The van der Waals surface area contributed by atoms with E-state index in [1.165, 1.54) is 0 Å². The Kier molecular flexibility index (Phi) is 5.96. The minimum absolute atomic E-state index is 0.0239. The van der Waals surface area contributed by atoms with E-state index in [9.17, 15) is 18.0 Å². The van der Waals surface area contributed by atoms with Gasteiger partial charge in [-0.2, -0.15) is 13.2 Å². The van der Waals surface area contributed by atoms with Crippen LogP contribution < -0.4 is 10.6 Å². The van der Waals surface area contributed by atoms with Crippen molar-refractivity contribution >= 4 is 34.9 Å². The van der Waals surface area contributed by atoms with Gasteiger partial charge in [0.2, 0.25) is 0 Å². The number of amides is 2. The molecule has 0 heterocycles. The first kappa shape index (κ1) is 18.4. The molecule has 0 fully saturated rings. The molecule has 0 aliphatic carbocycles. The molecule has 0 aliphatic heterocycles. The van der Waals surface area contributed by atoms with Gasteiger partial charge in [-0.1, -0.05) is 35.3 Å². The zero-order valence-electron chi connectivity index (χ0n) is 12.3. The molecule has 0 saturated carbocycles. The third-order valence-corrected chi connectivity index (χ3v) is 3.74. The van der Waals surface area contributed by atoms with Gasteiger partial charge in [0.25, 0.3) is 0 Å². The first-order valence-corrected chi connectivity index (χ1v) is 7.67. The zero-order chi connectivity index (χ0) is 17.7. The van der Waals surface area contributed by atoms with Crippen LogP contribution in [0.3, 0.4) is 0 Å². The number of carbonyl (C=O) groups excluding carboxylic acids is 1. The average molecular weight is 377 g/mol. The highest BCUT2D eigenvalue weighted by molar-refractivity contribution is 6.33. The summed E-state index contributed by atoms with van der Waals surface area (Å²) in [7, 11) is 0. The molecular weight excluding hydrogens is 364 g/mol. The van der Waals surface area contributed by atoms with Crippen LogP contribution in [0, 0.1) is 0 Å². The van der Waals surface area contributed by atoms with Crippen LogP contribution >= 0.6 is 23.2 Å². The number of hydrogen-bond donors (Lipinski definition) is 2. The molecule has 0 radical (unpaired) electrons. The van der Waals surface area contributed by atoms with Crippen LogP contribution in [0.5, 0.6) is 0 Å². The Labute approximate surface area is 146 Å². The molecular formula is C16H13Cl2F3N2O. The van der Waals surface area contributed by atoms with E-state index in [4.69, 9.17) is 23.2 Å². The van der Waals surface area contributed by atoms with Crippen LogP contribution in [0.15, 0.2) is 42.5 Å². The average Bonchev–Trinajstić information content (AvgIpc) is 2.50. The number of hydrogen-bond acceptors (Lipinski definition) is 1. The van der Waals surface area contributed by atoms with Crippen LogP contribution in [0.1, 0.15) is 11.1 Å². The lowest BCUT2D eigenvalue weighted by Crippen LogP contribution is -2.30. The first-order chi connectivity index (χ1) is 11.3. The largest absolute Gasteiger partial charge is 0.416 e. The number of carbonyl (C=O) groups is 1. The molecule has 0 aliphatic rings. The Morgan fingerprint density at radius 2 is 1.71 bits per heavy atom. The van der Waals surface area contributed by atoms with Crippen LogP contribution in [-0.2, 0) is 12.6 Å². The summed E-state index contributed by atoms with van der Waals surface area (Å²) in [6.07, 6.45) is -3.95. The Balaban J connectivity index is 1.91. The second kappa shape index (κ2) is 7.77. The van der Waals surface area contributed by atoms with Crippen molar-refractivity contribution in [3.8, 4) is 0 Å². The maximum absolute atomic E-state index is 12.7. The lowest BCUT2D eigenvalue weighted by molar-refractivity contribution is -0.137. The van der Waals surface area contributed by atoms with Gasteiger partial charge in [0.05, 0.1) is 16.3 Å². The Morgan fingerprint density at radius 3 is 2.33 bits per heavy atom. The van der Waals surface area contributed by atoms with Gasteiger partial charge >= 0.3 is 12.2 Å². The Morgan fingerprint density at radius 1 is 1.04 bits per heavy atom. The standard InChI is InChI=1S/C16H13Cl2F3N2O/c17-12-4-1-10(2-5-12)7-8-22-15(24)23-14-9-11(16(19,20)21)3-6-13(14)18/h1-6,9H,7-8H2,(H2,22,23,24). The van der Waals surface area contributed by atoms with Gasteiger partial charge in [0.15, 0.2) is 0 Å². The molecule has 2 aromatic carbocycles. The number of alkyl halides is 3. The zero-order valence-corrected chi connectivity index (χ0v) is 13.8. The molecule has 0 saturated heterocycles. The minimum Gasteiger partial charge on any atom is -0.338 e. The summed E-state index contributed by atoms with van der Waals surface area (Å²) in [6.45, 7) is 0.310. The summed E-state index contributed by atoms with van der Waals surface area (Å²) in [4.78, 5) is 11.8. The van der Waals surface area contributed by atoms with Crippen molar-refractivity contribution in [3.63, 3.8) is 0 Å². The number of urea groups is 1. The SMILES string of the molecule is O=C(NCCc1ccc(Cl)cc1)Nc1cc(C(F)(F)F)ccc1Cl. The number of halogens is 5. The molecule has 2 aromatic rings. The minimum atomic E-state index is -4.51. The van der Waals surface area contributed by atoms with Crippen LogP contribution in [0.2, 0.25) is 10.0 Å². The van der Waals surface area contributed by atoms with Gasteiger partial charge in [0.1, 0.15) is 0 Å². The van der Waals surface area contributed by atoms with Gasteiger partial charge in [-0.15, -0.1) is 0 Å². The highest BCUT2D eigenvalue weighted by atomic mass is 35.5. The van der Waals surface area contributed by atoms with Crippen molar-refractivity contribution in [2.75, 3.05) is 11.9 Å². The van der Waals surface area contributed by atoms with Gasteiger partial charge < -0.3 is 10.6 Å². The van der Waals surface area contributed by atoms with E-state index < -0.39 is 17.8 Å². The smallest absolute Gasteiger partial charge is 0.338 e. The molecule has 8 heteroatoms. The molecule has 3 nitrogen and oxygen atoms in total. The molecule has 2 N–H and O–H groups in total. The molecule has 2 rings (SSSR count). The highest BCUT2D eigenvalue weighted by Gasteiger charge is 2.31. The van der Waals surface area contributed by atoms with Crippen molar-refractivity contribution in [1.29, 1.82) is 0 Å². The van der Waals surface area contributed by atoms with Crippen molar-refractivity contribution in [1.82, 2.24) is 5.32 Å². The topological polar surface area (TPSA) is 41.1 Å². The van der Waals surface area contributed by atoms with E-state index in [0.29, 0.717) is 18.0 Å². The van der Waals surface area contributed by atoms with Gasteiger partial charge in [-0.3, -0.25) is 0 Å². The number of nitrogens with one attached hydrogen (secondary N) is 2. The molecule has 0 spiro atoms. The molecule has 24 heavy (non-hydrogen) atoms. The van der Waals surface area contributed by atoms with Gasteiger partial charge in [-0.25, -0.2) is 4.79 Å². The summed E-state index contributed by atoms with van der Waals surface area (Å²) in [5.41, 5.74) is -0.0179. The fraction of sp³-hybridized carbons (Fsp3) is 0.188. The number of benzene rings is 2. The number of rotatable bonds is 4. The fourth-order valence-electron chi connectivity index (χ4n) is 1.94. The summed E-state index contributed by atoms with van der Waals surface area (Å²) in [6, 6.07) is 9.22. The van der Waals surface area contributed by atoms with Gasteiger partial charge in [-0.05, 0) is 42.3 Å². The summed E-state index contributed by atoms with van der Waals surface area (Å²) in [5, 5.41) is 5.51. The Hall–Kier alpha value is -1.92. The number of anilines is 1. The second-order valence-electron chi connectivity index (χ2n) is 4.95. The second-order valence-corrected chi connectivity index (χ2v) is 5.79. The molecule has 0 atom stereocenters. The maximum Gasteiger partial charge on any atom is 0.416 e. The van der Waals surface area contributed by atoms with E-state index >= 15 is 0 Å². The van der Waals surface area contributed by atoms with E-state index in [2.05, 4.69) is 10.6 Å². The summed E-state index contributed by atoms with van der Waals surface area (Å²) >= 11 is 11.6. The predicted octanol–water partition coefficient (Wildman–Crippen LogP) is 5.38. The van der Waals surface area contributed by atoms with Crippen LogP contribution in [0.4, 0.5) is 23.7 Å². The predicted molar refractivity (Wildman–Crippen MR) is 88.6 cm³/mol. The normalized spacial score (nSPS) is 11.2. The third kappa shape index (κ3) is 5.32. The van der Waals surface area contributed by atoms with Crippen LogP contribution in [0.25, 0.3) is 0 Å². The van der Waals surface area contributed by atoms with Crippen molar-refractivity contribution in [2.24, 2.45) is 0 Å². The van der Waals surface area contributed by atoms with Crippen molar-refractivity contribution in [3.05, 3.63) is 63.6 Å². The van der Waals surface area contributed by atoms with E-state index in [1.807, 2.05) is 12.1 Å². The monoisotopic (exact) mass is 376 g/mol. The molecule has 0 aromatic heterocycles. The molecule has 0 unspecified atom stereocenters. The van der Waals surface area contributed by atoms with E-state index in [-0.39, 0.29) is 10.7 Å². The highest BCUT2D eigenvalue weighted by Crippen LogP contribution is 2.33. The fourth-order valence-corrected chi connectivity index (χ4v) is 2.23. The third-order valence-electron chi connectivity index (χ3n) is 3.15. The Bertz CT molecular complexity index is 718. The summed E-state index contributed by atoms with van der Waals surface area (Å²) < 4.78 is 38.0. The van der Waals surface area contributed by atoms with Crippen molar-refractivity contribution < 1.29 is 18.0 Å². The first-order valence-electron chi connectivity index (χ1n) is 6.92. The maximum atomic E-state index is 12.7. The molecule has 2 amide bonds. The quantitative estimate of drug-likeness (QED) is 0.739. The van der Waals surface area contributed by atoms with E-state index in [1.54, 1.807) is 12.1 Å². The summed E-state index contributed by atoms with van der Waals surface area (Å²) in [5.74, 6) is 0. The van der Waals surface area contributed by atoms with Crippen molar-refractivity contribution in [2.45, 2.75) is 12.6 Å². The molecule has 0 bridgehead atoms. The molecule has 128 valence electrons. The lowest BCUT2D eigenvalue weighted by Gasteiger charge is -2.12. The van der Waals surface area contributed by atoms with Gasteiger partial charge in [0, 0.05) is 11.6 Å². The lowest BCUT2D eigenvalue weighted by atomic mass is 10.1. The van der Waals surface area contributed by atoms with Crippen LogP contribution in [-0.4, -0.2) is 12.6 Å². The van der Waals surface area contributed by atoms with E-state index in [0.717, 1.165) is 23.8 Å².